The van der Waals surface area contributed by atoms with Crippen molar-refractivity contribution >= 4 is 10.0 Å². The minimum absolute atomic E-state index is 0.0140. The zero-order valence-electron chi connectivity index (χ0n) is 18.7. The van der Waals surface area contributed by atoms with Gasteiger partial charge in [0.25, 0.3) is 0 Å². The van der Waals surface area contributed by atoms with Gasteiger partial charge in [0.2, 0.25) is 10.0 Å². The number of ether oxygens (including phenoxy) is 2. The van der Waals surface area contributed by atoms with Gasteiger partial charge in [-0.2, -0.15) is 13.2 Å². The highest BCUT2D eigenvalue weighted by Gasteiger charge is 2.32. The summed E-state index contributed by atoms with van der Waals surface area (Å²) in [6.07, 6.45) is -0.361. The van der Waals surface area contributed by atoms with Crippen LogP contribution in [0.3, 0.4) is 0 Å². The van der Waals surface area contributed by atoms with Crippen molar-refractivity contribution < 1.29 is 31.1 Å². The van der Waals surface area contributed by atoms with Crippen LogP contribution in [0.1, 0.15) is 42.9 Å². The van der Waals surface area contributed by atoms with Gasteiger partial charge in [-0.15, -0.1) is 0 Å². The molecule has 1 unspecified atom stereocenters. The lowest BCUT2D eigenvalue weighted by Gasteiger charge is -2.33. The normalized spacial score (nSPS) is 16.8. The number of halogens is 3. The molecule has 2 aromatic rings. The standard InChI is InChI=1S/C23H29F3N2O4S/c1-31-20-8-7-9-21(32-2)22(20)19(28-14-5-3-4-6-15-28)16-27-33(29,30)18-12-10-17(11-13-18)23(24,25)26/h7-13,19,27H,3-6,14-16H2,1-2H3. The van der Waals surface area contributed by atoms with Crippen LogP contribution < -0.4 is 14.2 Å². The van der Waals surface area contributed by atoms with E-state index in [1.54, 1.807) is 32.4 Å². The molecular weight excluding hydrogens is 457 g/mol. The van der Waals surface area contributed by atoms with Crippen molar-refractivity contribution in [2.24, 2.45) is 0 Å². The molecule has 0 aliphatic carbocycles. The van der Waals surface area contributed by atoms with Crippen LogP contribution in [0.25, 0.3) is 0 Å². The molecule has 0 bridgehead atoms. The van der Waals surface area contributed by atoms with E-state index in [-0.39, 0.29) is 17.5 Å². The number of benzene rings is 2. The fourth-order valence-corrected chi connectivity index (χ4v) is 5.16. The quantitative estimate of drug-likeness (QED) is 0.590. The highest BCUT2D eigenvalue weighted by atomic mass is 32.2. The Morgan fingerprint density at radius 3 is 1.97 bits per heavy atom. The summed E-state index contributed by atoms with van der Waals surface area (Å²) in [5.41, 5.74) is -0.165. The second kappa shape index (κ2) is 10.8. The number of rotatable bonds is 8. The van der Waals surface area contributed by atoms with E-state index < -0.39 is 21.8 Å². The fourth-order valence-electron chi connectivity index (χ4n) is 4.12. The summed E-state index contributed by atoms with van der Waals surface area (Å²) in [7, 11) is -0.947. The summed E-state index contributed by atoms with van der Waals surface area (Å²) >= 11 is 0. The Kier molecular flexibility index (Phi) is 8.25. The number of hydrogen-bond donors (Lipinski definition) is 1. The molecule has 1 fully saturated rings. The van der Waals surface area contributed by atoms with Gasteiger partial charge in [-0.25, -0.2) is 13.1 Å². The summed E-state index contributed by atoms with van der Waals surface area (Å²) < 4.78 is 78.1. The van der Waals surface area contributed by atoms with Gasteiger partial charge in [-0.05, 0) is 62.3 Å². The van der Waals surface area contributed by atoms with Crippen molar-refractivity contribution in [1.29, 1.82) is 0 Å². The number of nitrogens with one attached hydrogen (secondary N) is 1. The molecule has 6 nitrogen and oxygen atoms in total. The number of alkyl halides is 3. The molecule has 1 aliphatic rings. The van der Waals surface area contributed by atoms with Gasteiger partial charge in [0.15, 0.2) is 0 Å². The predicted octanol–water partition coefficient (Wildman–Crippen LogP) is 4.62. The molecule has 0 radical (unpaired) electrons. The average Bonchev–Trinajstić information content (AvgIpc) is 3.08. The first-order chi connectivity index (χ1) is 15.7. The van der Waals surface area contributed by atoms with Gasteiger partial charge in [0, 0.05) is 6.54 Å². The molecule has 0 amide bonds. The summed E-state index contributed by atoms with van der Waals surface area (Å²) in [6, 6.07) is 8.49. The number of likely N-dealkylation sites (tertiary alicyclic amines) is 1. The van der Waals surface area contributed by atoms with Crippen LogP contribution in [0.4, 0.5) is 13.2 Å². The molecule has 10 heteroatoms. The van der Waals surface area contributed by atoms with Gasteiger partial charge in [0.1, 0.15) is 11.5 Å². The third kappa shape index (κ3) is 6.18. The summed E-state index contributed by atoms with van der Waals surface area (Å²) in [4.78, 5) is 1.99. The number of sulfonamides is 1. The van der Waals surface area contributed by atoms with Crippen LogP contribution >= 0.6 is 0 Å². The zero-order chi connectivity index (χ0) is 24.1. The van der Waals surface area contributed by atoms with Gasteiger partial charge >= 0.3 is 6.18 Å². The zero-order valence-corrected chi connectivity index (χ0v) is 19.5. The SMILES string of the molecule is COc1cccc(OC)c1C(CNS(=O)(=O)c1ccc(C(F)(F)F)cc1)N1CCCCCC1. The molecule has 0 spiro atoms. The minimum atomic E-state index is -4.53. The first-order valence-electron chi connectivity index (χ1n) is 10.8. The van der Waals surface area contributed by atoms with Crippen molar-refractivity contribution in [3.05, 3.63) is 53.6 Å². The number of hydrogen-bond acceptors (Lipinski definition) is 5. The van der Waals surface area contributed by atoms with Crippen molar-refractivity contribution in [1.82, 2.24) is 9.62 Å². The first-order valence-corrected chi connectivity index (χ1v) is 12.3. The maximum atomic E-state index is 12.9. The van der Waals surface area contributed by atoms with Crippen LogP contribution in [0.15, 0.2) is 47.4 Å². The Morgan fingerprint density at radius 1 is 0.939 bits per heavy atom. The van der Waals surface area contributed by atoms with Crippen molar-refractivity contribution in [2.45, 2.75) is 42.8 Å². The van der Waals surface area contributed by atoms with Gasteiger partial charge in [0.05, 0.1) is 36.3 Å². The maximum absolute atomic E-state index is 12.9. The van der Waals surface area contributed by atoms with Crippen molar-refractivity contribution in [3.8, 4) is 11.5 Å². The van der Waals surface area contributed by atoms with Crippen LogP contribution in [0.5, 0.6) is 11.5 Å². The fraction of sp³-hybridized carbons (Fsp3) is 0.478. The second-order valence-corrected chi connectivity index (χ2v) is 9.68. The lowest BCUT2D eigenvalue weighted by molar-refractivity contribution is -0.137. The Morgan fingerprint density at radius 2 is 1.48 bits per heavy atom. The third-order valence-electron chi connectivity index (χ3n) is 5.84. The molecule has 1 N–H and O–H groups in total. The molecule has 3 rings (SSSR count). The molecule has 0 saturated carbocycles. The van der Waals surface area contributed by atoms with E-state index in [1.807, 2.05) is 0 Å². The molecule has 2 aromatic carbocycles. The highest BCUT2D eigenvalue weighted by Crippen LogP contribution is 2.38. The second-order valence-electron chi connectivity index (χ2n) is 7.92. The molecule has 0 aromatic heterocycles. The van der Waals surface area contributed by atoms with Crippen LogP contribution in [0.2, 0.25) is 0 Å². The van der Waals surface area contributed by atoms with Gasteiger partial charge in [-0.3, -0.25) is 4.90 Å². The third-order valence-corrected chi connectivity index (χ3v) is 7.28. The highest BCUT2D eigenvalue weighted by molar-refractivity contribution is 7.89. The van der Waals surface area contributed by atoms with Crippen LogP contribution in [-0.4, -0.2) is 47.2 Å². The molecule has 1 aliphatic heterocycles. The Hall–Kier alpha value is -2.30. The molecule has 33 heavy (non-hydrogen) atoms. The van der Waals surface area contributed by atoms with Crippen molar-refractivity contribution in [2.75, 3.05) is 33.9 Å². The van der Waals surface area contributed by atoms with E-state index in [0.29, 0.717) is 11.5 Å². The lowest BCUT2D eigenvalue weighted by atomic mass is 10.0. The molecule has 182 valence electrons. The van der Waals surface area contributed by atoms with Gasteiger partial charge in [-0.1, -0.05) is 18.9 Å². The number of nitrogens with zero attached hydrogens (tertiary/aromatic N) is 1. The average molecular weight is 487 g/mol. The Labute approximate surface area is 192 Å². The molecule has 1 heterocycles. The molecular formula is C23H29F3N2O4S. The summed E-state index contributed by atoms with van der Waals surface area (Å²) in [5.74, 6) is 1.16. The summed E-state index contributed by atoms with van der Waals surface area (Å²) in [5, 5.41) is 0. The molecule has 1 atom stereocenters. The molecule has 1 saturated heterocycles. The van der Waals surface area contributed by atoms with E-state index in [4.69, 9.17) is 9.47 Å². The van der Waals surface area contributed by atoms with E-state index >= 15 is 0 Å². The van der Waals surface area contributed by atoms with E-state index in [2.05, 4.69) is 9.62 Å². The summed E-state index contributed by atoms with van der Waals surface area (Å²) in [6.45, 7) is 1.59. The largest absolute Gasteiger partial charge is 0.496 e. The van der Waals surface area contributed by atoms with Crippen molar-refractivity contribution in [3.63, 3.8) is 0 Å². The van der Waals surface area contributed by atoms with Gasteiger partial charge < -0.3 is 9.47 Å². The van der Waals surface area contributed by atoms with Crippen LogP contribution in [0, 0.1) is 0 Å². The monoisotopic (exact) mass is 486 g/mol. The van der Waals surface area contributed by atoms with E-state index in [0.717, 1.165) is 68.6 Å². The first kappa shape index (κ1) is 25.3. The number of methoxy groups -OCH3 is 2. The van der Waals surface area contributed by atoms with E-state index in [1.165, 1.54) is 0 Å². The Balaban J connectivity index is 1.91. The smallest absolute Gasteiger partial charge is 0.416 e. The van der Waals surface area contributed by atoms with Crippen LogP contribution in [-0.2, 0) is 16.2 Å². The minimum Gasteiger partial charge on any atom is -0.496 e. The Bertz CT molecular complexity index is 997. The maximum Gasteiger partial charge on any atom is 0.416 e. The van der Waals surface area contributed by atoms with E-state index in [9.17, 15) is 21.6 Å². The topological polar surface area (TPSA) is 67.9 Å². The lowest BCUT2D eigenvalue weighted by Crippen LogP contribution is -2.39. The predicted molar refractivity (Wildman–Crippen MR) is 119 cm³/mol.